The van der Waals surface area contributed by atoms with Crippen LogP contribution in [0.25, 0.3) is 0 Å². The Labute approximate surface area is 125 Å². The van der Waals surface area contributed by atoms with E-state index in [0.717, 1.165) is 6.08 Å². The van der Waals surface area contributed by atoms with Gasteiger partial charge in [-0.3, -0.25) is 14.9 Å². The lowest BCUT2D eigenvalue weighted by molar-refractivity contribution is -0.204. The molecule has 0 aromatic rings. The number of carbonyl (C=O) groups excluding carboxylic acids is 2. The summed E-state index contributed by atoms with van der Waals surface area (Å²) >= 11 is 0. The summed E-state index contributed by atoms with van der Waals surface area (Å²) in [6, 6.07) is -2.17. The first-order chi connectivity index (χ1) is 10.3. The Balaban J connectivity index is 2.21. The summed E-state index contributed by atoms with van der Waals surface area (Å²) in [6.07, 6.45) is -6.80. The van der Waals surface area contributed by atoms with Gasteiger partial charge in [-0.1, -0.05) is 12.7 Å². The molecule has 22 heavy (non-hydrogen) atoms. The summed E-state index contributed by atoms with van der Waals surface area (Å²) in [5, 5.41) is 51.0. The molecule has 0 bridgehead atoms. The van der Waals surface area contributed by atoms with E-state index in [1.807, 2.05) is 0 Å². The minimum atomic E-state index is -1.80. The number of hydrogen-bond donors (Lipinski definition) is 6. The molecule has 7 atom stereocenters. The number of hydrogen-bond acceptors (Lipinski definition) is 9. The minimum Gasteiger partial charge on any atom is -0.465 e. The van der Waals surface area contributed by atoms with Crippen molar-refractivity contribution in [1.29, 1.82) is 0 Å². The molecule has 6 N–H and O–H groups in total. The zero-order chi connectivity index (χ0) is 16.6. The molecule has 2 aliphatic rings. The van der Waals surface area contributed by atoms with E-state index >= 15 is 0 Å². The van der Waals surface area contributed by atoms with E-state index in [0.29, 0.717) is 0 Å². The molecule has 1 aliphatic carbocycles. The van der Waals surface area contributed by atoms with Gasteiger partial charge in [0.25, 0.3) is 0 Å². The first kappa shape index (κ1) is 16.7. The lowest BCUT2D eigenvalue weighted by Gasteiger charge is -2.40. The van der Waals surface area contributed by atoms with Crippen molar-refractivity contribution in [3.05, 3.63) is 24.0 Å². The monoisotopic (exact) mass is 315 g/mol. The average molecular weight is 315 g/mol. The molecule has 1 heterocycles. The van der Waals surface area contributed by atoms with Crippen molar-refractivity contribution in [2.24, 2.45) is 0 Å². The van der Waals surface area contributed by atoms with E-state index in [-0.39, 0.29) is 17.6 Å². The van der Waals surface area contributed by atoms with Crippen molar-refractivity contribution in [1.82, 2.24) is 5.32 Å². The normalized spacial score (nSPS) is 42.6. The van der Waals surface area contributed by atoms with Crippen LogP contribution in [0.2, 0.25) is 0 Å². The minimum absolute atomic E-state index is 0.107. The molecular weight excluding hydrogens is 298 g/mol. The molecule has 0 aromatic carbocycles. The number of ketones is 1. The second kappa shape index (κ2) is 6.24. The van der Waals surface area contributed by atoms with Gasteiger partial charge in [0.1, 0.15) is 30.2 Å². The SMILES string of the molecule is C=C1O[C@H](O)[C@H](O)[C@@H](O)[C@@H]1N[C@H]1C=C(C=O)C(=O)[C@H](O)[C@H]1O. The average Bonchev–Trinajstić information content (AvgIpc) is 2.49. The standard InChI is InChI=1S/C13H17NO8/c1-4-7(10(18)12(20)13(21)22-4)14-6-2-5(3-15)8(16)11(19)9(6)17/h2-3,6-7,9-14,17-21H,1H2/t6-,7+,9-,10-,11-,12+,13-/m0/s1. The predicted molar refractivity (Wildman–Crippen MR) is 70.1 cm³/mol. The zero-order valence-corrected chi connectivity index (χ0v) is 11.4. The smallest absolute Gasteiger partial charge is 0.225 e. The van der Waals surface area contributed by atoms with Gasteiger partial charge in [-0.2, -0.15) is 0 Å². The summed E-state index contributed by atoms with van der Waals surface area (Å²) < 4.78 is 4.85. The van der Waals surface area contributed by atoms with Crippen molar-refractivity contribution in [3.63, 3.8) is 0 Å². The van der Waals surface area contributed by atoms with Crippen LogP contribution in [0.3, 0.4) is 0 Å². The lowest BCUT2D eigenvalue weighted by atomic mass is 9.88. The van der Waals surface area contributed by atoms with Gasteiger partial charge in [0.05, 0.1) is 17.7 Å². The van der Waals surface area contributed by atoms with Crippen LogP contribution in [-0.4, -0.2) is 80.4 Å². The topological polar surface area (TPSA) is 157 Å². The molecule has 122 valence electrons. The zero-order valence-electron chi connectivity index (χ0n) is 11.4. The quantitative estimate of drug-likeness (QED) is 0.228. The number of nitrogens with one attached hydrogen (secondary N) is 1. The van der Waals surface area contributed by atoms with Gasteiger partial charge >= 0.3 is 0 Å². The van der Waals surface area contributed by atoms with Crippen molar-refractivity contribution in [2.75, 3.05) is 0 Å². The molecular formula is C13H17NO8. The van der Waals surface area contributed by atoms with Crippen LogP contribution in [0.5, 0.6) is 0 Å². The van der Waals surface area contributed by atoms with Gasteiger partial charge in [-0.05, 0) is 0 Å². The van der Waals surface area contributed by atoms with Gasteiger partial charge in [0, 0.05) is 0 Å². The largest absolute Gasteiger partial charge is 0.465 e. The number of rotatable bonds is 3. The molecule has 9 heteroatoms. The lowest BCUT2D eigenvalue weighted by Crippen LogP contribution is -2.62. The Morgan fingerprint density at radius 2 is 1.77 bits per heavy atom. The van der Waals surface area contributed by atoms with Crippen LogP contribution in [0.15, 0.2) is 24.0 Å². The molecule has 2 rings (SSSR count). The third-order valence-electron chi connectivity index (χ3n) is 3.71. The van der Waals surface area contributed by atoms with E-state index in [4.69, 9.17) is 4.74 Å². The van der Waals surface area contributed by atoms with E-state index in [2.05, 4.69) is 11.9 Å². The Morgan fingerprint density at radius 3 is 2.36 bits per heavy atom. The molecule has 0 unspecified atom stereocenters. The molecule has 1 aliphatic heterocycles. The fraction of sp³-hybridized carbons (Fsp3) is 0.538. The Bertz CT molecular complexity index is 518. The Hall–Kier alpha value is -1.62. The maximum absolute atomic E-state index is 11.5. The van der Waals surface area contributed by atoms with Crippen LogP contribution >= 0.6 is 0 Å². The molecule has 1 saturated heterocycles. The number of aliphatic hydroxyl groups is 5. The predicted octanol–water partition coefficient (Wildman–Crippen LogP) is -3.67. The molecule has 0 saturated carbocycles. The fourth-order valence-corrected chi connectivity index (χ4v) is 2.39. The maximum atomic E-state index is 11.5. The molecule has 1 fully saturated rings. The highest BCUT2D eigenvalue weighted by atomic mass is 16.6. The second-order valence-electron chi connectivity index (χ2n) is 5.17. The third-order valence-corrected chi connectivity index (χ3v) is 3.71. The Morgan fingerprint density at radius 1 is 1.14 bits per heavy atom. The molecule has 9 nitrogen and oxygen atoms in total. The van der Waals surface area contributed by atoms with Crippen molar-refractivity contribution < 1.29 is 39.9 Å². The van der Waals surface area contributed by atoms with Crippen molar-refractivity contribution >= 4 is 12.1 Å². The van der Waals surface area contributed by atoms with Gasteiger partial charge in [-0.15, -0.1) is 0 Å². The van der Waals surface area contributed by atoms with Gasteiger partial charge in [0.2, 0.25) is 6.29 Å². The van der Waals surface area contributed by atoms with Crippen LogP contribution in [-0.2, 0) is 14.3 Å². The fourth-order valence-electron chi connectivity index (χ4n) is 2.39. The highest BCUT2D eigenvalue weighted by Crippen LogP contribution is 2.24. The molecule has 0 aromatic heterocycles. The molecule has 0 radical (unpaired) electrons. The van der Waals surface area contributed by atoms with Crippen molar-refractivity contribution in [3.8, 4) is 0 Å². The Kier molecular flexibility index (Phi) is 4.75. The van der Waals surface area contributed by atoms with Crippen molar-refractivity contribution in [2.45, 2.75) is 42.8 Å². The molecule has 0 spiro atoms. The first-order valence-corrected chi connectivity index (χ1v) is 6.51. The number of ether oxygens (including phenoxy) is 1. The van der Waals surface area contributed by atoms with Crippen LogP contribution in [0.4, 0.5) is 0 Å². The number of Topliss-reactive ketones (excluding diaryl/α,β-unsaturated/α-hetero) is 1. The number of aliphatic hydroxyl groups excluding tert-OH is 5. The van der Waals surface area contributed by atoms with Crippen LogP contribution in [0.1, 0.15) is 0 Å². The summed E-state index contributed by atoms with van der Waals surface area (Å²) in [4.78, 5) is 22.3. The summed E-state index contributed by atoms with van der Waals surface area (Å²) in [5.74, 6) is -1.01. The van der Waals surface area contributed by atoms with E-state index < -0.39 is 48.6 Å². The van der Waals surface area contributed by atoms with Crippen LogP contribution in [0, 0.1) is 0 Å². The summed E-state index contributed by atoms with van der Waals surface area (Å²) in [6.45, 7) is 3.48. The van der Waals surface area contributed by atoms with E-state index in [9.17, 15) is 35.1 Å². The first-order valence-electron chi connectivity index (χ1n) is 6.51. The van der Waals surface area contributed by atoms with E-state index in [1.54, 1.807) is 0 Å². The highest BCUT2D eigenvalue weighted by molar-refractivity contribution is 6.14. The second-order valence-corrected chi connectivity index (χ2v) is 5.17. The molecule has 0 amide bonds. The van der Waals surface area contributed by atoms with Gasteiger partial charge < -0.3 is 30.3 Å². The van der Waals surface area contributed by atoms with Gasteiger partial charge in [0.15, 0.2) is 12.1 Å². The highest BCUT2D eigenvalue weighted by Gasteiger charge is 2.44. The maximum Gasteiger partial charge on any atom is 0.225 e. The summed E-state index contributed by atoms with van der Waals surface area (Å²) in [7, 11) is 0. The van der Waals surface area contributed by atoms with Gasteiger partial charge in [-0.25, -0.2) is 0 Å². The van der Waals surface area contributed by atoms with Crippen LogP contribution < -0.4 is 5.32 Å². The van der Waals surface area contributed by atoms with E-state index in [1.165, 1.54) is 0 Å². The summed E-state index contributed by atoms with van der Waals surface area (Å²) in [5.41, 5.74) is -0.326. The number of aldehydes is 1. The number of carbonyl (C=O) groups is 2. The third kappa shape index (κ3) is 2.82.